The van der Waals surface area contributed by atoms with Crippen LogP contribution in [0.25, 0.3) is 10.6 Å². The van der Waals surface area contributed by atoms with Crippen molar-refractivity contribution in [2.45, 2.75) is 18.8 Å². The number of hydrogen-bond acceptors (Lipinski definition) is 5. The molecule has 2 aromatic carbocycles. The highest BCUT2D eigenvalue weighted by molar-refractivity contribution is 7.14. The number of likely N-dealkylation sites (tertiary alicyclic amines) is 1. The Morgan fingerprint density at radius 3 is 2.79 bits per heavy atom. The molecular weight excluding hydrogens is 377 g/mol. The lowest BCUT2D eigenvalue weighted by Crippen LogP contribution is -2.39. The molecule has 7 heteroatoms. The van der Waals surface area contributed by atoms with Gasteiger partial charge in [-0.3, -0.25) is 4.79 Å². The minimum atomic E-state index is -0.304. The van der Waals surface area contributed by atoms with Crippen LogP contribution in [-0.2, 0) is 0 Å². The minimum Gasteiger partial charge on any atom is -0.496 e. The van der Waals surface area contributed by atoms with Crippen LogP contribution in [0.3, 0.4) is 0 Å². The van der Waals surface area contributed by atoms with Crippen molar-refractivity contribution in [1.82, 2.24) is 15.1 Å². The number of amides is 1. The number of piperidine rings is 1. The summed E-state index contributed by atoms with van der Waals surface area (Å²) >= 11 is 1.40. The van der Waals surface area contributed by atoms with Crippen LogP contribution in [0, 0.1) is 5.82 Å². The monoisotopic (exact) mass is 397 g/mol. The van der Waals surface area contributed by atoms with Gasteiger partial charge in [-0.15, -0.1) is 10.2 Å². The predicted octanol–water partition coefficient (Wildman–Crippen LogP) is 4.37. The lowest BCUT2D eigenvalue weighted by atomic mass is 9.98. The second-order valence-electron chi connectivity index (χ2n) is 6.72. The summed E-state index contributed by atoms with van der Waals surface area (Å²) in [7, 11) is 1.57. The Labute approximate surface area is 166 Å². The smallest absolute Gasteiger partial charge is 0.257 e. The predicted molar refractivity (Wildman–Crippen MR) is 106 cm³/mol. The number of hydrogen-bond donors (Lipinski definition) is 0. The fourth-order valence-corrected chi connectivity index (χ4v) is 4.49. The molecule has 0 saturated carbocycles. The van der Waals surface area contributed by atoms with Gasteiger partial charge in [0.25, 0.3) is 5.91 Å². The maximum absolute atomic E-state index is 14.0. The Kier molecular flexibility index (Phi) is 5.34. The normalized spacial score (nSPS) is 16.8. The van der Waals surface area contributed by atoms with Crippen LogP contribution in [0.2, 0.25) is 0 Å². The van der Waals surface area contributed by atoms with E-state index in [9.17, 15) is 9.18 Å². The number of aromatic nitrogens is 2. The summed E-state index contributed by atoms with van der Waals surface area (Å²) in [6.07, 6.45) is 1.82. The standard InChI is InChI=1S/C21H20FN3O2S/c1-27-18-11-5-3-9-16(18)21(26)25-12-6-7-14(13-25)19-23-24-20(28-19)15-8-2-4-10-17(15)22/h2-5,8-11,14H,6-7,12-13H2,1H3/t14-/m0/s1. The number of rotatable bonds is 4. The van der Waals surface area contributed by atoms with Gasteiger partial charge >= 0.3 is 0 Å². The van der Waals surface area contributed by atoms with E-state index >= 15 is 0 Å². The Hall–Kier alpha value is -2.80. The van der Waals surface area contributed by atoms with E-state index in [1.54, 1.807) is 37.4 Å². The van der Waals surface area contributed by atoms with Crippen molar-refractivity contribution in [3.05, 3.63) is 64.9 Å². The summed E-state index contributed by atoms with van der Waals surface area (Å²) in [4.78, 5) is 14.8. The quantitative estimate of drug-likeness (QED) is 0.656. The van der Waals surface area contributed by atoms with Gasteiger partial charge in [0, 0.05) is 24.6 Å². The summed E-state index contributed by atoms with van der Waals surface area (Å²) < 4.78 is 19.4. The van der Waals surface area contributed by atoms with Gasteiger partial charge in [0.15, 0.2) is 5.01 Å². The van der Waals surface area contributed by atoms with Crippen LogP contribution in [0.1, 0.15) is 34.1 Å². The SMILES string of the molecule is COc1ccccc1C(=O)N1CCC[C@H](c2nnc(-c3ccccc3F)s2)C1. The zero-order valence-electron chi connectivity index (χ0n) is 15.5. The first-order valence-corrected chi connectivity index (χ1v) is 9.99. The van der Waals surface area contributed by atoms with E-state index in [0.717, 1.165) is 17.8 Å². The average Bonchev–Trinajstić information content (AvgIpc) is 3.23. The van der Waals surface area contributed by atoms with Crippen LogP contribution < -0.4 is 4.74 Å². The van der Waals surface area contributed by atoms with Crippen molar-refractivity contribution < 1.29 is 13.9 Å². The van der Waals surface area contributed by atoms with Gasteiger partial charge in [-0.25, -0.2) is 4.39 Å². The number of ether oxygens (including phenoxy) is 1. The van der Waals surface area contributed by atoms with Crippen molar-refractivity contribution in [1.29, 1.82) is 0 Å². The fraction of sp³-hybridized carbons (Fsp3) is 0.286. The van der Waals surface area contributed by atoms with Crippen LogP contribution in [-0.4, -0.2) is 41.2 Å². The highest BCUT2D eigenvalue weighted by Gasteiger charge is 2.29. The molecule has 1 amide bonds. The topological polar surface area (TPSA) is 55.3 Å². The lowest BCUT2D eigenvalue weighted by molar-refractivity contribution is 0.0703. The fourth-order valence-electron chi connectivity index (χ4n) is 3.50. The highest BCUT2D eigenvalue weighted by atomic mass is 32.1. The Bertz CT molecular complexity index is 991. The molecule has 2 heterocycles. The highest BCUT2D eigenvalue weighted by Crippen LogP contribution is 2.34. The molecule has 1 fully saturated rings. The Morgan fingerprint density at radius 2 is 1.96 bits per heavy atom. The molecule has 28 heavy (non-hydrogen) atoms. The number of benzene rings is 2. The molecule has 1 aliphatic heterocycles. The summed E-state index contributed by atoms with van der Waals surface area (Å²) in [5.41, 5.74) is 1.03. The third kappa shape index (κ3) is 3.62. The Balaban J connectivity index is 1.53. The molecule has 0 N–H and O–H groups in total. The summed E-state index contributed by atoms with van der Waals surface area (Å²) in [6, 6.07) is 13.8. The minimum absolute atomic E-state index is 0.0407. The van der Waals surface area contributed by atoms with Crippen molar-refractivity contribution in [3.8, 4) is 16.3 Å². The van der Waals surface area contributed by atoms with Crippen molar-refractivity contribution in [2.24, 2.45) is 0 Å². The van der Waals surface area contributed by atoms with Gasteiger partial charge in [-0.2, -0.15) is 0 Å². The zero-order valence-corrected chi connectivity index (χ0v) is 16.3. The number of para-hydroxylation sites is 1. The van der Waals surface area contributed by atoms with E-state index in [4.69, 9.17) is 4.74 Å². The Morgan fingerprint density at radius 1 is 1.18 bits per heavy atom. The maximum atomic E-state index is 14.0. The average molecular weight is 397 g/mol. The van der Waals surface area contributed by atoms with E-state index < -0.39 is 0 Å². The van der Waals surface area contributed by atoms with Gasteiger partial charge < -0.3 is 9.64 Å². The van der Waals surface area contributed by atoms with Crippen LogP contribution in [0.5, 0.6) is 5.75 Å². The number of methoxy groups -OCH3 is 1. The van der Waals surface area contributed by atoms with Gasteiger partial charge in [-0.05, 0) is 37.1 Å². The molecule has 0 aliphatic carbocycles. The largest absolute Gasteiger partial charge is 0.496 e. The third-order valence-corrected chi connectivity index (χ3v) is 6.06. The second kappa shape index (κ2) is 8.06. The number of carbonyl (C=O) groups excluding carboxylic acids is 1. The second-order valence-corrected chi connectivity index (χ2v) is 7.73. The van der Waals surface area contributed by atoms with E-state index in [2.05, 4.69) is 10.2 Å². The molecule has 5 nitrogen and oxygen atoms in total. The van der Waals surface area contributed by atoms with E-state index in [1.165, 1.54) is 17.4 Å². The summed E-state index contributed by atoms with van der Waals surface area (Å²) in [5, 5.41) is 9.89. The molecule has 1 aromatic heterocycles. The molecule has 4 rings (SSSR count). The maximum Gasteiger partial charge on any atom is 0.257 e. The number of carbonyl (C=O) groups is 1. The summed E-state index contributed by atoms with van der Waals surface area (Å²) in [6.45, 7) is 1.27. The van der Waals surface area contributed by atoms with Crippen LogP contribution in [0.15, 0.2) is 48.5 Å². The molecule has 1 atom stereocenters. The number of nitrogens with zero attached hydrogens (tertiary/aromatic N) is 3. The summed E-state index contributed by atoms with van der Waals surface area (Å²) in [5.74, 6) is 0.334. The first kappa shape index (κ1) is 18.6. The van der Waals surface area contributed by atoms with E-state index in [-0.39, 0.29) is 17.6 Å². The molecule has 0 unspecified atom stereocenters. The molecule has 144 valence electrons. The first-order valence-electron chi connectivity index (χ1n) is 9.18. The van der Waals surface area contributed by atoms with E-state index in [0.29, 0.717) is 35.0 Å². The van der Waals surface area contributed by atoms with Crippen LogP contribution >= 0.6 is 11.3 Å². The molecular formula is C21H20FN3O2S. The van der Waals surface area contributed by atoms with Gasteiger partial charge in [0.1, 0.15) is 16.6 Å². The van der Waals surface area contributed by atoms with E-state index in [1.807, 2.05) is 17.0 Å². The van der Waals surface area contributed by atoms with Crippen LogP contribution in [0.4, 0.5) is 4.39 Å². The molecule has 0 bridgehead atoms. The molecule has 1 saturated heterocycles. The zero-order chi connectivity index (χ0) is 19.5. The van der Waals surface area contributed by atoms with Crippen molar-refractivity contribution >= 4 is 17.2 Å². The van der Waals surface area contributed by atoms with Gasteiger partial charge in [0.05, 0.1) is 12.7 Å². The molecule has 0 radical (unpaired) electrons. The molecule has 0 spiro atoms. The number of halogens is 1. The first-order chi connectivity index (χ1) is 13.7. The van der Waals surface area contributed by atoms with Gasteiger partial charge in [-0.1, -0.05) is 35.6 Å². The third-order valence-electron chi connectivity index (χ3n) is 4.94. The van der Waals surface area contributed by atoms with Gasteiger partial charge in [0.2, 0.25) is 0 Å². The molecule has 1 aliphatic rings. The lowest BCUT2D eigenvalue weighted by Gasteiger charge is -2.32. The molecule has 3 aromatic rings. The van der Waals surface area contributed by atoms with Crippen molar-refractivity contribution in [3.63, 3.8) is 0 Å². The van der Waals surface area contributed by atoms with Crippen molar-refractivity contribution in [2.75, 3.05) is 20.2 Å².